The molecule has 0 saturated heterocycles. The van der Waals surface area contributed by atoms with Gasteiger partial charge in [-0.15, -0.1) is 0 Å². The summed E-state index contributed by atoms with van der Waals surface area (Å²) in [7, 11) is 3.72. The van der Waals surface area contributed by atoms with Crippen molar-refractivity contribution in [3.8, 4) is 0 Å². The summed E-state index contributed by atoms with van der Waals surface area (Å²) in [6.07, 6.45) is 6.24. The topological polar surface area (TPSA) is 39.1 Å². The number of nitrogens with zero attached hydrogens (tertiary/aromatic N) is 2. The molecule has 2 unspecified atom stereocenters. The van der Waals surface area contributed by atoms with Crippen LogP contribution >= 0.6 is 0 Å². The van der Waals surface area contributed by atoms with E-state index in [4.69, 9.17) is 4.74 Å². The summed E-state index contributed by atoms with van der Waals surface area (Å²) in [6, 6.07) is 0.365. The molecule has 0 aliphatic rings. The summed E-state index contributed by atoms with van der Waals surface area (Å²) in [4.78, 5) is 0. The van der Waals surface area contributed by atoms with Crippen LogP contribution in [0.15, 0.2) is 12.4 Å². The molecule has 1 N–H and O–H groups in total. The fourth-order valence-electron chi connectivity index (χ4n) is 2.04. The van der Waals surface area contributed by atoms with Gasteiger partial charge < -0.3 is 10.1 Å². The van der Waals surface area contributed by atoms with E-state index in [1.807, 2.05) is 17.9 Å². The van der Waals surface area contributed by atoms with Crippen molar-refractivity contribution in [2.45, 2.75) is 38.8 Å². The van der Waals surface area contributed by atoms with Crippen LogP contribution in [0, 0.1) is 0 Å². The van der Waals surface area contributed by atoms with Gasteiger partial charge in [0, 0.05) is 26.4 Å². The van der Waals surface area contributed by atoms with Gasteiger partial charge in [0.25, 0.3) is 0 Å². The molecule has 1 aromatic rings. The van der Waals surface area contributed by atoms with E-state index in [1.165, 1.54) is 5.56 Å². The van der Waals surface area contributed by atoms with Crippen LogP contribution in [0.4, 0.5) is 0 Å². The van der Waals surface area contributed by atoms with E-state index in [9.17, 15) is 0 Å². The first-order valence-electron chi connectivity index (χ1n) is 5.94. The number of aryl methyl sites for hydroxylation is 1. The highest BCUT2D eigenvalue weighted by molar-refractivity contribution is 5.06. The highest BCUT2D eigenvalue weighted by atomic mass is 16.5. The average Bonchev–Trinajstić information content (AvgIpc) is 2.66. The van der Waals surface area contributed by atoms with Crippen molar-refractivity contribution in [3.05, 3.63) is 18.0 Å². The van der Waals surface area contributed by atoms with Gasteiger partial charge in [0.15, 0.2) is 0 Å². The summed E-state index contributed by atoms with van der Waals surface area (Å²) in [5, 5.41) is 7.67. The molecule has 0 radical (unpaired) electrons. The zero-order chi connectivity index (χ0) is 12.0. The maximum Gasteiger partial charge on any atom is 0.0724 e. The van der Waals surface area contributed by atoms with E-state index in [-0.39, 0.29) is 6.10 Å². The van der Waals surface area contributed by atoms with E-state index in [2.05, 4.69) is 30.5 Å². The second-order valence-electron chi connectivity index (χ2n) is 4.07. The van der Waals surface area contributed by atoms with Crippen molar-refractivity contribution in [2.24, 2.45) is 7.05 Å². The van der Waals surface area contributed by atoms with Crippen molar-refractivity contribution >= 4 is 0 Å². The second kappa shape index (κ2) is 6.66. The SMILES string of the molecule is CCNC(Cc1cnn(C)c1)C(CC)OC. The van der Waals surface area contributed by atoms with E-state index >= 15 is 0 Å². The van der Waals surface area contributed by atoms with Gasteiger partial charge in [-0.3, -0.25) is 4.68 Å². The lowest BCUT2D eigenvalue weighted by molar-refractivity contribution is 0.0658. The summed E-state index contributed by atoms with van der Waals surface area (Å²) < 4.78 is 7.34. The largest absolute Gasteiger partial charge is 0.380 e. The number of hydrogen-bond acceptors (Lipinski definition) is 3. The van der Waals surface area contributed by atoms with E-state index in [0.29, 0.717) is 6.04 Å². The molecular weight excluding hydrogens is 202 g/mol. The molecule has 4 heteroatoms. The lowest BCUT2D eigenvalue weighted by Gasteiger charge is -2.25. The van der Waals surface area contributed by atoms with E-state index in [0.717, 1.165) is 19.4 Å². The summed E-state index contributed by atoms with van der Waals surface area (Å²) >= 11 is 0. The third-order valence-corrected chi connectivity index (χ3v) is 2.83. The zero-order valence-electron chi connectivity index (χ0n) is 10.7. The third kappa shape index (κ3) is 3.61. The van der Waals surface area contributed by atoms with Crippen LogP contribution < -0.4 is 5.32 Å². The van der Waals surface area contributed by atoms with Crippen molar-refractivity contribution in [3.63, 3.8) is 0 Å². The Hall–Kier alpha value is -0.870. The predicted molar refractivity (Wildman–Crippen MR) is 65.5 cm³/mol. The monoisotopic (exact) mass is 225 g/mol. The molecule has 2 atom stereocenters. The Morgan fingerprint density at radius 3 is 2.69 bits per heavy atom. The first kappa shape index (κ1) is 13.2. The zero-order valence-corrected chi connectivity index (χ0v) is 10.7. The van der Waals surface area contributed by atoms with Crippen LogP contribution in [-0.2, 0) is 18.2 Å². The Morgan fingerprint density at radius 1 is 1.50 bits per heavy atom. The van der Waals surface area contributed by atoms with Gasteiger partial charge in [-0.1, -0.05) is 13.8 Å². The average molecular weight is 225 g/mol. The molecule has 0 spiro atoms. The Morgan fingerprint density at radius 2 is 2.25 bits per heavy atom. The highest BCUT2D eigenvalue weighted by Gasteiger charge is 2.19. The molecule has 1 aromatic heterocycles. The van der Waals surface area contributed by atoms with Gasteiger partial charge in [0.2, 0.25) is 0 Å². The van der Waals surface area contributed by atoms with Crippen LogP contribution in [0.3, 0.4) is 0 Å². The van der Waals surface area contributed by atoms with Crippen LogP contribution in [0.1, 0.15) is 25.8 Å². The van der Waals surface area contributed by atoms with Crippen LogP contribution in [0.25, 0.3) is 0 Å². The van der Waals surface area contributed by atoms with Crippen molar-refractivity contribution < 1.29 is 4.74 Å². The van der Waals surface area contributed by atoms with Crippen LogP contribution in [-0.4, -0.2) is 35.6 Å². The van der Waals surface area contributed by atoms with Crippen molar-refractivity contribution in [1.82, 2.24) is 15.1 Å². The minimum atomic E-state index is 0.264. The molecule has 0 aliphatic carbocycles. The number of nitrogens with one attached hydrogen (secondary N) is 1. The van der Waals surface area contributed by atoms with Gasteiger partial charge >= 0.3 is 0 Å². The predicted octanol–water partition coefficient (Wildman–Crippen LogP) is 1.37. The molecule has 0 aromatic carbocycles. The van der Waals surface area contributed by atoms with Crippen LogP contribution in [0.5, 0.6) is 0 Å². The lowest BCUT2D eigenvalue weighted by Crippen LogP contribution is -2.42. The molecule has 0 amide bonds. The maximum absolute atomic E-state index is 5.50. The minimum Gasteiger partial charge on any atom is -0.380 e. The van der Waals surface area contributed by atoms with Crippen LogP contribution in [0.2, 0.25) is 0 Å². The van der Waals surface area contributed by atoms with E-state index < -0.39 is 0 Å². The molecule has 0 fully saturated rings. The Kier molecular flexibility index (Phi) is 5.49. The van der Waals surface area contributed by atoms with E-state index in [1.54, 1.807) is 7.11 Å². The van der Waals surface area contributed by atoms with Gasteiger partial charge in [-0.2, -0.15) is 5.10 Å². The minimum absolute atomic E-state index is 0.264. The van der Waals surface area contributed by atoms with Gasteiger partial charge in [0.1, 0.15) is 0 Å². The number of ether oxygens (including phenoxy) is 1. The molecule has 0 saturated carbocycles. The molecule has 1 rings (SSSR count). The second-order valence-corrected chi connectivity index (χ2v) is 4.07. The summed E-state index contributed by atoms with van der Waals surface area (Å²) in [5.74, 6) is 0. The molecule has 4 nitrogen and oxygen atoms in total. The fourth-order valence-corrected chi connectivity index (χ4v) is 2.04. The van der Waals surface area contributed by atoms with Crippen molar-refractivity contribution in [2.75, 3.05) is 13.7 Å². The molecule has 16 heavy (non-hydrogen) atoms. The molecule has 0 bridgehead atoms. The fraction of sp³-hybridized carbons (Fsp3) is 0.750. The highest BCUT2D eigenvalue weighted by Crippen LogP contribution is 2.10. The third-order valence-electron chi connectivity index (χ3n) is 2.83. The maximum atomic E-state index is 5.50. The van der Waals surface area contributed by atoms with Gasteiger partial charge in [0.05, 0.1) is 12.3 Å². The normalized spacial score (nSPS) is 15.0. The van der Waals surface area contributed by atoms with Gasteiger partial charge in [-0.05, 0) is 24.9 Å². The molecule has 1 heterocycles. The van der Waals surface area contributed by atoms with Gasteiger partial charge in [-0.25, -0.2) is 0 Å². The number of rotatable bonds is 7. The first-order chi connectivity index (χ1) is 7.71. The Labute approximate surface area is 98.0 Å². The Balaban J connectivity index is 2.63. The Bertz CT molecular complexity index is 294. The summed E-state index contributed by atoms with van der Waals surface area (Å²) in [6.45, 7) is 5.24. The molecular formula is C12H23N3O. The standard InChI is InChI=1S/C12H23N3O/c1-5-12(16-4)11(13-6-2)7-10-8-14-15(3)9-10/h8-9,11-13H,5-7H2,1-4H3. The lowest BCUT2D eigenvalue weighted by atomic mass is 10.0. The number of methoxy groups -OCH3 is 1. The molecule has 0 aliphatic heterocycles. The quantitative estimate of drug-likeness (QED) is 0.761. The first-order valence-corrected chi connectivity index (χ1v) is 5.94. The number of hydrogen-bond donors (Lipinski definition) is 1. The summed E-state index contributed by atoms with van der Waals surface area (Å²) in [5.41, 5.74) is 1.25. The van der Waals surface area contributed by atoms with Crippen molar-refractivity contribution in [1.29, 1.82) is 0 Å². The molecule has 92 valence electrons. The number of aromatic nitrogens is 2. The number of likely N-dealkylation sites (N-methyl/N-ethyl adjacent to an activating group) is 1. The smallest absolute Gasteiger partial charge is 0.0724 e.